The molecule has 1 N–H and O–H groups in total. The zero-order chi connectivity index (χ0) is 25.0. The molecule has 0 aromatic carbocycles. The van der Waals surface area contributed by atoms with Crippen molar-refractivity contribution in [2.75, 3.05) is 39.5 Å². The second-order valence-electron chi connectivity index (χ2n) is 10.2. The number of amides is 1. The lowest BCUT2D eigenvalue weighted by Gasteiger charge is -2.37. The lowest BCUT2D eigenvalue weighted by atomic mass is 10.2. The molecule has 1 fully saturated rings. The van der Waals surface area contributed by atoms with Gasteiger partial charge in [-0.15, -0.1) is 0 Å². The SMILES string of the molecule is C[Si](C)(C)CCOCn1ccc2c(-c3cnn(CC(CF)N4CCN(C(=O)O)CC4)c3)ncnc21. The average Bonchev–Trinajstić information content (AvgIpc) is 3.47. The van der Waals surface area contributed by atoms with E-state index in [1.165, 1.54) is 4.90 Å². The van der Waals surface area contributed by atoms with Gasteiger partial charge in [-0.25, -0.2) is 19.2 Å². The van der Waals surface area contributed by atoms with Crippen LogP contribution in [0.15, 0.2) is 31.0 Å². The molecule has 1 aliphatic heterocycles. The number of carbonyl (C=O) groups is 1. The van der Waals surface area contributed by atoms with E-state index >= 15 is 0 Å². The van der Waals surface area contributed by atoms with Crippen molar-refractivity contribution in [2.24, 2.45) is 0 Å². The number of fused-ring (bicyclic) bond motifs is 1. The highest BCUT2D eigenvalue weighted by atomic mass is 28.3. The topological polar surface area (TPSA) is 102 Å². The Bertz CT molecular complexity index is 1140. The molecule has 1 saturated heterocycles. The van der Waals surface area contributed by atoms with E-state index in [4.69, 9.17) is 9.84 Å². The highest BCUT2D eigenvalue weighted by Crippen LogP contribution is 2.26. The van der Waals surface area contributed by atoms with Crippen molar-refractivity contribution in [3.05, 3.63) is 31.0 Å². The Morgan fingerprint density at radius 3 is 2.69 bits per heavy atom. The molecule has 12 heteroatoms. The predicted octanol–water partition coefficient (Wildman–Crippen LogP) is 3.24. The van der Waals surface area contributed by atoms with E-state index in [2.05, 4.69) is 34.7 Å². The van der Waals surface area contributed by atoms with Crippen molar-refractivity contribution in [2.45, 2.75) is 45.0 Å². The third-order valence-corrected chi connectivity index (χ3v) is 8.07. The van der Waals surface area contributed by atoms with Gasteiger partial charge in [0.2, 0.25) is 0 Å². The lowest BCUT2D eigenvalue weighted by Crippen LogP contribution is -2.53. The van der Waals surface area contributed by atoms with Gasteiger partial charge in [0.05, 0.1) is 24.5 Å². The minimum atomic E-state index is -1.14. The Kier molecular flexibility index (Phi) is 7.82. The molecule has 1 unspecified atom stereocenters. The highest BCUT2D eigenvalue weighted by Gasteiger charge is 2.26. The normalized spacial score (nSPS) is 16.2. The first kappa shape index (κ1) is 25.3. The van der Waals surface area contributed by atoms with E-state index in [0.29, 0.717) is 39.5 Å². The monoisotopic (exact) mass is 503 g/mol. The Labute approximate surface area is 205 Å². The van der Waals surface area contributed by atoms with E-state index in [1.807, 2.05) is 27.9 Å². The van der Waals surface area contributed by atoms with Gasteiger partial charge in [0.25, 0.3) is 0 Å². The van der Waals surface area contributed by atoms with Gasteiger partial charge in [-0.1, -0.05) is 19.6 Å². The van der Waals surface area contributed by atoms with Crippen LogP contribution in [0.3, 0.4) is 0 Å². The van der Waals surface area contributed by atoms with Crippen molar-refractivity contribution < 1.29 is 19.0 Å². The molecule has 0 saturated carbocycles. The molecular formula is C23H34FN7O3Si. The maximum Gasteiger partial charge on any atom is 0.407 e. The van der Waals surface area contributed by atoms with Gasteiger partial charge in [-0.2, -0.15) is 5.10 Å². The maximum absolute atomic E-state index is 13.9. The van der Waals surface area contributed by atoms with E-state index < -0.39 is 20.8 Å². The van der Waals surface area contributed by atoms with Crippen LogP contribution >= 0.6 is 0 Å². The largest absolute Gasteiger partial charge is 0.465 e. The summed E-state index contributed by atoms with van der Waals surface area (Å²) in [6, 6.07) is 2.73. The second kappa shape index (κ2) is 10.8. The lowest BCUT2D eigenvalue weighted by molar-refractivity contribution is 0.0699. The van der Waals surface area contributed by atoms with Crippen LogP contribution in [0.25, 0.3) is 22.3 Å². The summed E-state index contributed by atoms with van der Waals surface area (Å²) in [7, 11) is -1.14. The van der Waals surface area contributed by atoms with Crippen molar-refractivity contribution in [3.8, 4) is 11.3 Å². The Morgan fingerprint density at radius 1 is 1.23 bits per heavy atom. The minimum absolute atomic E-state index is 0.362. The van der Waals surface area contributed by atoms with Crippen LogP contribution in [0.2, 0.25) is 25.7 Å². The second-order valence-corrected chi connectivity index (χ2v) is 15.8. The molecule has 1 atom stereocenters. The number of rotatable bonds is 10. The van der Waals surface area contributed by atoms with Crippen LogP contribution in [-0.2, 0) is 18.0 Å². The number of aromatic nitrogens is 5. The molecule has 1 amide bonds. The number of piperazine rings is 1. The van der Waals surface area contributed by atoms with Crippen molar-refractivity contribution in [3.63, 3.8) is 0 Å². The van der Waals surface area contributed by atoms with E-state index in [9.17, 15) is 9.18 Å². The summed E-state index contributed by atoms with van der Waals surface area (Å²) in [5, 5.41) is 14.5. The van der Waals surface area contributed by atoms with Crippen LogP contribution in [0.4, 0.5) is 9.18 Å². The van der Waals surface area contributed by atoms with Crippen LogP contribution in [0, 0.1) is 0 Å². The predicted molar refractivity (Wildman–Crippen MR) is 134 cm³/mol. The van der Waals surface area contributed by atoms with E-state index in [0.717, 1.165) is 34.9 Å². The fourth-order valence-electron chi connectivity index (χ4n) is 4.22. The highest BCUT2D eigenvalue weighted by molar-refractivity contribution is 6.76. The fraction of sp³-hybridized carbons (Fsp3) is 0.565. The molecule has 0 spiro atoms. The van der Waals surface area contributed by atoms with Crippen LogP contribution in [0.5, 0.6) is 0 Å². The van der Waals surface area contributed by atoms with Crippen LogP contribution < -0.4 is 0 Å². The van der Waals surface area contributed by atoms with Crippen molar-refractivity contribution in [1.29, 1.82) is 0 Å². The molecule has 1 aliphatic rings. The molecule has 0 aliphatic carbocycles. The number of alkyl halides is 1. The Hall–Kier alpha value is -2.83. The first-order valence-electron chi connectivity index (χ1n) is 11.9. The Balaban J connectivity index is 1.42. The van der Waals surface area contributed by atoms with Gasteiger partial charge in [0, 0.05) is 64.2 Å². The zero-order valence-electron chi connectivity index (χ0n) is 20.6. The summed E-state index contributed by atoms with van der Waals surface area (Å²) < 4.78 is 23.5. The van der Waals surface area contributed by atoms with Gasteiger partial charge < -0.3 is 19.3 Å². The van der Waals surface area contributed by atoms with Gasteiger partial charge in [0.1, 0.15) is 25.4 Å². The quantitative estimate of drug-likeness (QED) is 0.335. The van der Waals surface area contributed by atoms with Crippen LogP contribution in [-0.4, -0.2) is 98.9 Å². The summed E-state index contributed by atoms with van der Waals surface area (Å²) in [4.78, 5) is 23.4. The van der Waals surface area contributed by atoms with Crippen LogP contribution in [0.1, 0.15) is 0 Å². The first-order valence-corrected chi connectivity index (χ1v) is 15.6. The summed E-state index contributed by atoms with van der Waals surface area (Å²) in [6.07, 6.45) is 6.18. The smallest absolute Gasteiger partial charge is 0.407 e. The van der Waals surface area contributed by atoms with Gasteiger partial charge >= 0.3 is 6.09 Å². The molecule has 0 radical (unpaired) electrons. The third-order valence-electron chi connectivity index (χ3n) is 6.37. The maximum atomic E-state index is 13.9. The molecule has 3 aromatic rings. The zero-order valence-corrected chi connectivity index (χ0v) is 21.6. The number of carboxylic acid groups (broad SMARTS) is 1. The summed E-state index contributed by atoms with van der Waals surface area (Å²) in [6.45, 7) is 9.80. The molecule has 35 heavy (non-hydrogen) atoms. The number of hydrogen-bond donors (Lipinski definition) is 1. The van der Waals surface area contributed by atoms with Gasteiger partial charge in [-0.3, -0.25) is 9.58 Å². The number of ether oxygens (including phenoxy) is 1. The standard InChI is InChI=1S/C23H34FN7O3Si/c1-35(2,3)11-10-34-17-30-5-4-20-21(25-16-26-22(20)30)18-13-27-31(14-18)15-19(12-24)28-6-8-29(9-7-28)23(32)33/h4-5,13-14,16,19H,6-12,15,17H2,1-3H3,(H,32,33). The minimum Gasteiger partial charge on any atom is -0.465 e. The van der Waals surface area contributed by atoms with E-state index in [1.54, 1.807) is 17.2 Å². The molecular weight excluding hydrogens is 469 g/mol. The molecule has 190 valence electrons. The summed E-state index contributed by atoms with van der Waals surface area (Å²) in [5.74, 6) is 0. The summed E-state index contributed by atoms with van der Waals surface area (Å²) in [5.41, 5.74) is 2.41. The molecule has 4 heterocycles. The number of halogens is 1. The molecule has 4 rings (SSSR count). The number of hydrogen-bond acceptors (Lipinski definition) is 6. The van der Waals surface area contributed by atoms with E-state index in [-0.39, 0.29) is 6.04 Å². The molecule has 0 bridgehead atoms. The molecule has 10 nitrogen and oxygen atoms in total. The van der Waals surface area contributed by atoms with Crippen molar-refractivity contribution >= 4 is 25.2 Å². The van der Waals surface area contributed by atoms with Gasteiger partial charge in [-0.05, 0) is 12.1 Å². The third kappa shape index (κ3) is 6.24. The number of nitrogens with zero attached hydrogens (tertiary/aromatic N) is 7. The average molecular weight is 504 g/mol. The fourth-order valence-corrected chi connectivity index (χ4v) is 4.98. The van der Waals surface area contributed by atoms with Gasteiger partial charge in [0.15, 0.2) is 0 Å². The molecule has 3 aromatic heterocycles. The van der Waals surface area contributed by atoms with Crippen molar-refractivity contribution in [1.82, 2.24) is 34.1 Å². The Morgan fingerprint density at radius 2 is 2.00 bits per heavy atom. The first-order chi connectivity index (χ1) is 16.7. The summed E-state index contributed by atoms with van der Waals surface area (Å²) >= 11 is 0.